The molecule has 0 spiro atoms. The fourth-order valence-corrected chi connectivity index (χ4v) is 1.69. The van der Waals surface area contributed by atoms with Gasteiger partial charge < -0.3 is 10.0 Å². The average Bonchev–Trinajstić information content (AvgIpc) is 2.15. The number of carboxylic acid groups (broad SMARTS) is 1. The number of halogens is 3. The molecule has 16 heavy (non-hydrogen) atoms. The molecule has 4 nitrogen and oxygen atoms in total. The van der Waals surface area contributed by atoms with Gasteiger partial charge in [-0.15, -0.1) is 0 Å². The summed E-state index contributed by atoms with van der Waals surface area (Å²) < 4.78 is 35.9. The SMILES string of the molecule is O=C(O)[C@@H]1CCCN(C(=O)CC(F)(F)F)C1. The first-order valence-electron chi connectivity index (χ1n) is 4.87. The molecule has 1 fully saturated rings. The second-order valence-electron chi connectivity index (χ2n) is 3.81. The zero-order valence-corrected chi connectivity index (χ0v) is 8.46. The van der Waals surface area contributed by atoms with E-state index in [4.69, 9.17) is 5.11 Å². The minimum Gasteiger partial charge on any atom is -0.481 e. The Balaban J connectivity index is 2.54. The van der Waals surface area contributed by atoms with E-state index < -0.39 is 30.4 Å². The van der Waals surface area contributed by atoms with Crippen LogP contribution < -0.4 is 0 Å². The molecule has 0 aromatic rings. The van der Waals surface area contributed by atoms with Gasteiger partial charge in [-0.25, -0.2) is 0 Å². The Bertz CT molecular complexity index is 290. The molecule has 1 heterocycles. The van der Waals surface area contributed by atoms with Crippen molar-refractivity contribution in [2.45, 2.75) is 25.4 Å². The molecule has 0 unspecified atom stereocenters. The average molecular weight is 239 g/mol. The van der Waals surface area contributed by atoms with E-state index in [9.17, 15) is 22.8 Å². The van der Waals surface area contributed by atoms with Gasteiger partial charge in [-0.2, -0.15) is 13.2 Å². The fourth-order valence-electron chi connectivity index (χ4n) is 1.69. The minimum atomic E-state index is -4.53. The van der Waals surface area contributed by atoms with E-state index in [1.165, 1.54) is 0 Å². The van der Waals surface area contributed by atoms with Gasteiger partial charge in [0.1, 0.15) is 6.42 Å². The second-order valence-corrected chi connectivity index (χ2v) is 3.81. The highest BCUT2D eigenvalue weighted by atomic mass is 19.4. The van der Waals surface area contributed by atoms with E-state index in [1.54, 1.807) is 0 Å². The van der Waals surface area contributed by atoms with Crippen LogP contribution in [0.25, 0.3) is 0 Å². The third kappa shape index (κ3) is 3.71. The van der Waals surface area contributed by atoms with Crippen LogP contribution in [-0.2, 0) is 9.59 Å². The molecule has 7 heteroatoms. The van der Waals surface area contributed by atoms with Gasteiger partial charge in [0.25, 0.3) is 0 Å². The zero-order valence-electron chi connectivity index (χ0n) is 8.46. The summed E-state index contributed by atoms with van der Waals surface area (Å²) in [5, 5.41) is 8.71. The number of carbonyl (C=O) groups excluding carboxylic acids is 1. The van der Waals surface area contributed by atoms with Crippen LogP contribution in [0.15, 0.2) is 0 Å². The summed E-state index contributed by atoms with van der Waals surface area (Å²) in [5.74, 6) is -2.85. The zero-order chi connectivity index (χ0) is 12.3. The van der Waals surface area contributed by atoms with Gasteiger partial charge in [0.05, 0.1) is 5.92 Å². The normalized spacial score (nSPS) is 21.9. The standard InChI is InChI=1S/C9H12F3NO3/c10-9(11,12)4-7(14)13-3-1-2-6(5-13)8(15)16/h6H,1-5H2,(H,15,16)/t6-/m1/s1. The number of rotatable bonds is 2. The molecule has 1 N–H and O–H groups in total. The lowest BCUT2D eigenvalue weighted by molar-refractivity contribution is -0.163. The molecule has 1 atom stereocenters. The van der Waals surface area contributed by atoms with Crippen LogP contribution >= 0.6 is 0 Å². The Hall–Kier alpha value is -1.27. The molecule has 1 aliphatic rings. The molecular weight excluding hydrogens is 227 g/mol. The van der Waals surface area contributed by atoms with Crippen LogP contribution in [0, 0.1) is 5.92 Å². The Kier molecular flexibility index (Phi) is 3.77. The molecule has 1 amide bonds. The van der Waals surface area contributed by atoms with Gasteiger partial charge in [0.2, 0.25) is 5.91 Å². The monoisotopic (exact) mass is 239 g/mol. The van der Waals surface area contributed by atoms with Gasteiger partial charge in [-0.05, 0) is 12.8 Å². The molecule has 0 saturated carbocycles. The lowest BCUT2D eigenvalue weighted by Gasteiger charge is -2.30. The summed E-state index contributed by atoms with van der Waals surface area (Å²) in [6.45, 7) is 0.0862. The van der Waals surface area contributed by atoms with Crippen LogP contribution in [0.5, 0.6) is 0 Å². The predicted molar refractivity (Wildman–Crippen MR) is 47.6 cm³/mol. The Labute approximate surface area is 90.0 Å². The Morgan fingerprint density at radius 3 is 2.50 bits per heavy atom. The third-order valence-electron chi connectivity index (χ3n) is 2.48. The van der Waals surface area contributed by atoms with Crippen molar-refractivity contribution in [3.63, 3.8) is 0 Å². The van der Waals surface area contributed by atoms with Crippen molar-refractivity contribution in [3.05, 3.63) is 0 Å². The van der Waals surface area contributed by atoms with Crippen molar-refractivity contribution >= 4 is 11.9 Å². The third-order valence-corrected chi connectivity index (χ3v) is 2.48. The number of hydrogen-bond acceptors (Lipinski definition) is 2. The van der Waals surface area contributed by atoms with Gasteiger partial charge >= 0.3 is 12.1 Å². The van der Waals surface area contributed by atoms with Gasteiger partial charge in [-0.1, -0.05) is 0 Å². The molecule has 92 valence electrons. The highest BCUT2D eigenvalue weighted by Crippen LogP contribution is 2.23. The molecule has 1 rings (SSSR count). The quantitative estimate of drug-likeness (QED) is 0.789. The van der Waals surface area contributed by atoms with Crippen LogP contribution in [-0.4, -0.2) is 41.1 Å². The number of hydrogen-bond donors (Lipinski definition) is 1. The first-order valence-corrected chi connectivity index (χ1v) is 4.87. The number of carbonyl (C=O) groups is 2. The molecule has 0 aromatic heterocycles. The van der Waals surface area contributed by atoms with E-state index in [0.29, 0.717) is 12.8 Å². The highest BCUT2D eigenvalue weighted by molar-refractivity contribution is 5.78. The van der Waals surface area contributed by atoms with E-state index in [1.807, 2.05) is 0 Å². The fraction of sp³-hybridized carbons (Fsp3) is 0.778. The molecule has 0 radical (unpaired) electrons. The van der Waals surface area contributed by atoms with Crippen molar-refractivity contribution in [3.8, 4) is 0 Å². The summed E-state index contributed by atoms with van der Waals surface area (Å²) in [4.78, 5) is 22.8. The molecule has 0 aromatic carbocycles. The van der Waals surface area contributed by atoms with E-state index in [-0.39, 0.29) is 13.1 Å². The van der Waals surface area contributed by atoms with Crippen LogP contribution in [0.1, 0.15) is 19.3 Å². The lowest BCUT2D eigenvalue weighted by atomic mass is 9.98. The van der Waals surface area contributed by atoms with Crippen molar-refractivity contribution in [2.75, 3.05) is 13.1 Å². The first kappa shape index (κ1) is 12.8. The number of amides is 1. The van der Waals surface area contributed by atoms with Crippen molar-refractivity contribution in [2.24, 2.45) is 5.92 Å². The van der Waals surface area contributed by atoms with Crippen LogP contribution in [0.3, 0.4) is 0 Å². The summed E-state index contributed by atoms with van der Waals surface area (Å²) in [6.07, 6.45) is -5.21. The summed E-state index contributed by atoms with van der Waals surface area (Å²) >= 11 is 0. The van der Waals surface area contributed by atoms with Gasteiger partial charge in [0, 0.05) is 13.1 Å². The second kappa shape index (κ2) is 4.71. The lowest BCUT2D eigenvalue weighted by Crippen LogP contribution is -2.43. The maximum atomic E-state index is 12.0. The van der Waals surface area contributed by atoms with E-state index in [0.717, 1.165) is 4.90 Å². The van der Waals surface area contributed by atoms with Crippen LogP contribution in [0.2, 0.25) is 0 Å². The molecule has 1 saturated heterocycles. The minimum absolute atomic E-state index is 0.121. The number of likely N-dealkylation sites (tertiary alicyclic amines) is 1. The Morgan fingerprint density at radius 2 is 2.00 bits per heavy atom. The van der Waals surface area contributed by atoms with E-state index in [2.05, 4.69) is 0 Å². The molecule has 0 bridgehead atoms. The van der Waals surface area contributed by atoms with Crippen LogP contribution in [0.4, 0.5) is 13.2 Å². The summed E-state index contributed by atoms with van der Waals surface area (Å²) in [6, 6.07) is 0. The smallest absolute Gasteiger partial charge is 0.397 e. The number of aliphatic carboxylic acids is 1. The number of nitrogens with zero attached hydrogens (tertiary/aromatic N) is 1. The maximum Gasteiger partial charge on any atom is 0.397 e. The summed E-state index contributed by atoms with van der Waals surface area (Å²) in [5.41, 5.74) is 0. The van der Waals surface area contributed by atoms with Gasteiger partial charge in [-0.3, -0.25) is 9.59 Å². The molecule has 1 aliphatic heterocycles. The topological polar surface area (TPSA) is 57.6 Å². The number of alkyl halides is 3. The highest BCUT2D eigenvalue weighted by Gasteiger charge is 2.36. The molecular formula is C9H12F3NO3. The molecule has 0 aliphatic carbocycles. The van der Waals surface area contributed by atoms with Crippen molar-refractivity contribution in [1.29, 1.82) is 0 Å². The first-order chi connectivity index (χ1) is 7.29. The van der Waals surface area contributed by atoms with Gasteiger partial charge in [0.15, 0.2) is 0 Å². The van der Waals surface area contributed by atoms with Crippen molar-refractivity contribution in [1.82, 2.24) is 4.90 Å². The Morgan fingerprint density at radius 1 is 1.38 bits per heavy atom. The largest absolute Gasteiger partial charge is 0.481 e. The van der Waals surface area contributed by atoms with Crippen molar-refractivity contribution < 1.29 is 27.9 Å². The van der Waals surface area contributed by atoms with E-state index >= 15 is 0 Å². The predicted octanol–water partition coefficient (Wildman–Crippen LogP) is 1.26. The number of piperidine rings is 1. The number of carboxylic acids is 1. The maximum absolute atomic E-state index is 12.0. The summed E-state index contributed by atoms with van der Waals surface area (Å²) in [7, 11) is 0.